The van der Waals surface area contributed by atoms with Crippen LogP contribution in [0.4, 0.5) is 5.82 Å². The van der Waals surface area contributed by atoms with Crippen LogP contribution in [-0.4, -0.2) is 35.3 Å². The number of H-pyrrole nitrogens is 1. The van der Waals surface area contributed by atoms with Crippen LogP contribution in [0.1, 0.15) is 23.7 Å². The number of amides is 1. The van der Waals surface area contributed by atoms with E-state index < -0.39 is 0 Å². The molecule has 0 saturated carbocycles. The second-order valence-electron chi connectivity index (χ2n) is 7.52. The molecule has 2 aromatic carbocycles. The summed E-state index contributed by atoms with van der Waals surface area (Å²) in [6, 6.07) is 12.9. The summed E-state index contributed by atoms with van der Waals surface area (Å²) >= 11 is 0. The number of nitrogens with zero attached hydrogens (tertiary/aromatic N) is 2. The van der Waals surface area contributed by atoms with Gasteiger partial charge >= 0.3 is 0 Å². The highest BCUT2D eigenvalue weighted by atomic mass is 16.5. The number of methoxy groups -OCH3 is 2. The maximum absolute atomic E-state index is 12.6. The molecule has 4 aromatic rings. The molecule has 0 aliphatic rings. The van der Waals surface area contributed by atoms with Crippen molar-refractivity contribution in [3.8, 4) is 23.0 Å². The van der Waals surface area contributed by atoms with Crippen molar-refractivity contribution in [3.63, 3.8) is 0 Å². The van der Waals surface area contributed by atoms with Gasteiger partial charge in [0, 0.05) is 40.5 Å². The number of ether oxygens (including phenoxy) is 3. The van der Waals surface area contributed by atoms with Crippen molar-refractivity contribution < 1.29 is 19.0 Å². The number of aromatic nitrogens is 3. The monoisotopic (exact) mass is 446 g/mol. The Bertz CT molecular complexity index is 1300. The number of rotatable bonds is 8. The van der Waals surface area contributed by atoms with Crippen LogP contribution in [0.3, 0.4) is 0 Å². The summed E-state index contributed by atoms with van der Waals surface area (Å²) < 4.78 is 16.9. The van der Waals surface area contributed by atoms with Crippen LogP contribution in [0.15, 0.2) is 48.7 Å². The molecule has 0 fully saturated rings. The van der Waals surface area contributed by atoms with Crippen LogP contribution < -0.4 is 19.5 Å². The summed E-state index contributed by atoms with van der Waals surface area (Å²) in [5.41, 5.74) is 3.47. The molecule has 33 heavy (non-hydrogen) atoms. The van der Waals surface area contributed by atoms with E-state index in [4.69, 9.17) is 14.2 Å². The van der Waals surface area contributed by atoms with Crippen LogP contribution in [0, 0.1) is 6.92 Å². The first-order valence-corrected chi connectivity index (χ1v) is 10.6. The molecule has 2 aromatic heterocycles. The first kappa shape index (κ1) is 22.1. The van der Waals surface area contributed by atoms with Crippen LogP contribution >= 0.6 is 0 Å². The zero-order chi connectivity index (χ0) is 23.4. The van der Waals surface area contributed by atoms with Crippen LogP contribution in [-0.2, 0) is 17.6 Å². The third kappa shape index (κ3) is 4.74. The highest BCUT2D eigenvalue weighted by Gasteiger charge is 2.15. The molecule has 0 bridgehead atoms. The minimum Gasteiger partial charge on any atom is -0.497 e. The Morgan fingerprint density at radius 3 is 2.58 bits per heavy atom. The van der Waals surface area contributed by atoms with E-state index in [9.17, 15) is 4.79 Å². The number of fused-ring (bicyclic) bond motifs is 1. The number of pyridine rings is 1. The molecule has 0 atom stereocenters. The van der Waals surface area contributed by atoms with Gasteiger partial charge in [-0.15, -0.1) is 0 Å². The predicted molar refractivity (Wildman–Crippen MR) is 126 cm³/mol. The Hall–Kier alpha value is -4.07. The van der Waals surface area contributed by atoms with Gasteiger partial charge in [0.1, 0.15) is 23.0 Å². The van der Waals surface area contributed by atoms with Crippen molar-refractivity contribution in [3.05, 3.63) is 65.5 Å². The summed E-state index contributed by atoms with van der Waals surface area (Å²) in [7, 11) is 3.19. The molecule has 0 radical (unpaired) electrons. The first-order chi connectivity index (χ1) is 16.0. The molecule has 1 amide bonds. The number of aromatic amines is 1. The van der Waals surface area contributed by atoms with E-state index in [1.54, 1.807) is 32.5 Å². The lowest BCUT2D eigenvalue weighted by Crippen LogP contribution is -2.16. The number of nitrogens with one attached hydrogen (secondary N) is 2. The highest BCUT2D eigenvalue weighted by Crippen LogP contribution is 2.33. The van der Waals surface area contributed by atoms with Crippen molar-refractivity contribution >= 4 is 22.6 Å². The molecular formula is C25H26N4O4. The Kier molecular flexibility index (Phi) is 6.44. The number of hydrogen-bond donors (Lipinski definition) is 2. The minimum absolute atomic E-state index is 0.148. The van der Waals surface area contributed by atoms with Crippen LogP contribution in [0.2, 0.25) is 0 Å². The average molecular weight is 447 g/mol. The third-order valence-corrected chi connectivity index (χ3v) is 5.47. The van der Waals surface area contributed by atoms with Crippen LogP contribution in [0.5, 0.6) is 23.0 Å². The van der Waals surface area contributed by atoms with Gasteiger partial charge in [-0.2, -0.15) is 5.10 Å². The van der Waals surface area contributed by atoms with Gasteiger partial charge in [0.15, 0.2) is 5.82 Å². The number of carbonyl (C=O) groups excluding carboxylic acids is 1. The molecule has 4 rings (SSSR count). The second-order valence-corrected chi connectivity index (χ2v) is 7.52. The van der Waals surface area contributed by atoms with E-state index in [-0.39, 0.29) is 12.3 Å². The van der Waals surface area contributed by atoms with E-state index in [1.807, 2.05) is 44.2 Å². The van der Waals surface area contributed by atoms with E-state index in [0.717, 1.165) is 39.9 Å². The molecular weight excluding hydrogens is 420 g/mol. The second kappa shape index (κ2) is 9.60. The van der Waals surface area contributed by atoms with Gasteiger partial charge in [0.05, 0.1) is 26.2 Å². The topological polar surface area (TPSA) is 98.4 Å². The predicted octanol–water partition coefficient (Wildman–Crippen LogP) is 4.82. The number of aryl methyl sites for hydroxylation is 1. The lowest BCUT2D eigenvalue weighted by Gasteiger charge is -2.13. The highest BCUT2D eigenvalue weighted by molar-refractivity contribution is 5.92. The smallest absolute Gasteiger partial charge is 0.230 e. The summed E-state index contributed by atoms with van der Waals surface area (Å²) in [5, 5.41) is 10.9. The number of benzene rings is 2. The fourth-order valence-corrected chi connectivity index (χ4v) is 3.63. The van der Waals surface area contributed by atoms with Gasteiger partial charge in [0.25, 0.3) is 0 Å². The van der Waals surface area contributed by atoms with Crippen molar-refractivity contribution in [2.24, 2.45) is 0 Å². The minimum atomic E-state index is -0.173. The summed E-state index contributed by atoms with van der Waals surface area (Å²) in [6.07, 6.45) is 2.66. The molecule has 8 nitrogen and oxygen atoms in total. The first-order valence-electron chi connectivity index (χ1n) is 10.6. The SMILES string of the molecule is CCc1[nH]nc(NC(=O)Cc2ccc(Oc3ccnc4cc(OC)ccc34)cc2OC)c1C. The average Bonchev–Trinajstić information content (AvgIpc) is 3.18. The van der Waals surface area contributed by atoms with Crippen molar-refractivity contribution in [1.82, 2.24) is 15.2 Å². The zero-order valence-electron chi connectivity index (χ0n) is 19.1. The maximum Gasteiger partial charge on any atom is 0.230 e. The third-order valence-electron chi connectivity index (χ3n) is 5.47. The van der Waals surface area contributed by atoms with E-state index in [2.05, 4.69) is 20.5 Å². The molecule has 2 N–H and O–H groups in total. The standard InChI is InChI=1S/C25H26N4O4/c1-5-20-15(2)25(29-28-20)27-24(30)12-16-6-7-18(14-23(16)32-4)33-22-10-11-26-21-13-17(31-3)8-9-19(21)22/h6-11,13-14H,5,12H2,1-4H3,(H2,27,28,29,30). The van der Waals surface area contributed by atoms with E-state index in [0.29, 0.717) is 23.1 Å². The van der Waals surface area contributed by atoms with Crippen molar-refractivity contribution in [2.75, 3.05) is 19.5 Å². The Labute approximate surface area is 191 Å². The Morgan fingerprint density at radius 1 is 1.03 bits per heavy atom. The van der Waals surface area contributed by atoms with Gasteiger partial charge in [-0.25, -0.2) is 0 Å². The largest absolute Gasteiger partial charge is 0.497 e. The summed E-state index contributed by atoms with van der Waals surface area (Å²) in [5.74, 6) is 2.93. The number of carbonyl (C=O) groups is 1. The molecule has 0 aliphatic carbocycles. The van der Waals surface area contributed by atoms with Gasteiger partial charge in [0.2, 0.25) is 5.91 Å². The molecule has 0 aliphatic heterocycles. The van der Waals surface area contributed by atoms with E-state index in [1.165, 1.54) is 0 Å². The van der Waals surface area contributed by atoms with Gasteiger partial charge in [-0.05, 0) is 37.6 Å². The van der Waals surface area contributed by atoms with Crippen LogP contribution in [0.25, 0.3) is 10.9 Å². The van der Waals surface area contributed by atoms with E-state index >= 15 is 0 Å². The fourth-order valence-electron chi connectivity index (χ4n) is 3.63. The molecule has 2 heterocycles. The van der Waals surface area contributed by atoms with Crippen molar-refractivity contribution in [1.29, 1.82) is 0 Å². The Morgan fingerprint density at radius 2 is 1.85 bits per heavy atom. The lowest BCUT2D eigenvalue weighted by atomic mass is 10.1. The zero-order valence-corrected chi connectivity index (χ0v) is 19.1. The Balaban J connectivity index is 1.52. The molecule has 170 valence electrons. The van der Waals surface area contributed by atoms with Gasteiger partial charge < -0.3 is 19.5 Å². The summed E-state index contributed by atoms with van der Waals surface area (Å²) in [6.45, 7) is 3.97. The number of hydrogen-bond acceptors (Lipinski definition) is 6. The van der Waals surface area contributed by atoms with Crippen molar-refractivity contribution in [2.45, 2.75) is 26.7 Å². The maximum atomic E-state index is 12.6. The normalized spacial score (nSPS) is 10.8. The summed E-state index contributed by atoms with van der Waals surface area (Å²) in [4.78, 5) is 17.0. The molecule has 0 saturated heterocycles. The van der Waals surface area contributed by atoms with Gasteiger partial charge in [-0.3, -0.25) is 14.9 Å². The lowest BCUT2D eigenvalue weighted by molar-refractivity contribution is -0.115. The number of anilines is 1. The molecule has 0 unspecified atom stereocenters. The molecule has 8 heteroatoms. The quantitative estimate of drug-likeness (QED) is 0.403. The molecule has 0 spiro atoms. The van der Waals surface area contributed by atoms with Gasteiger partial charge in [-0.1, -0.05) is 13.0 Å². The fraction of sp³-hybridized carbons (Fsp3) is 0.240.